The molecule has 1 N–H and O–H groups in total. The largest absolute Gasteiger partial charge is 0.330 e. The molecule has 20 heavy (non-hydrogen) atoms. The van der Waals surface area contributed by atoms with Crippen molar-refractivity contribution in [2.75, 3.05) is 0 Å². The van der Waals surface area contributed by atoms with E-state index in [0.29, 0.717) is 21.2 Å². The van der Waals surface area contributed by atoms with Crippen molar-refractivity contribution in [1.29, 1.82) is 0 Å². The zero-order valence-electron chi connectivity index (χ0n) is 11.6. The van der Waals surface area contributed by atoms with Crippen LogP contribution in [0, 0.1) is 22.4 Å². The van der Waals surface area contributed by atoms with Crippen LogP contribution >= 0.6 is 28.1 Å². The predicted molar refractivity (Wildman–Crippen MR) is 86.0 cm³/mol. The van der Waals surface area contributed by atoms with Gasteiger partial charge in [0.1, 0.15) is 5.82 Å². The van der Waals surface area contributed by atoms with E-state index in [2.05, 4.69) is 39.3 Å². The van der Waals surface area contributed by atoms with Crippen LogP contribution in [-0.4, -0.2) is 9.55 Å². The van der Waals surface area contributed by atoms with Gasteiger partial charge in [-0.3, -0.25) is 0 Å². The predicted octanol–water partition coefficient (Wildman–Crippen LogP) is 5.60. The molecule has 0 radical (unpaired) electrons. The highest BCUT2D eigenvalue weighted by Gasteiger charge is 2.28. The van der Waals surface area contributed by atoms with Crippen LogP contribution in [0.2, 0.25) is 0 Å². The number of fused-ring (bicyclic) bond motifs is 1. The van der Waals surface area contributed by atoms with Gasteiger partial charge in [-0.2, -0.15) is 0 Å². The Labute approximate surface area is 131 Å². The number of nitrogens with zero attached hydrogens (tertiary/aromatic N) is 1. The summed E-state index contributed by atoms with van der Waals surface area (Å²) >= 11 is 8.74. The number of imidazole rings is 1. The quantitative estimate of drug-likeness (QED) is 0.659. The zero-order valence-corrected chi connectivity index (χ0v) is 14.0. The lowest BCUT2D eigenvalue weighted by Gasteiger charge is -2.33. The number of aromatic amines is 1. The molecule has 0 saturated heterocycles. The average Bonchev–Trinajstić information content (AvgIpc) is 2.66. The molecule has 2 aromatic rings. The molecule has 1 heterocycles. The Morgan fingerprint density at radius 1 is 1.35 bits per heavy atom. The summed E-state index contributed by atoms with van der Waals surface area (Å²) in [5.41, 5.74) is 1.77. The summed E-state index contributed by atoms with van der Waals surface area (Å²) in [5.74, 6) is 1.12. The van der Waals surface area contributed by atoms with Crippen LogP contribution in [0.1, 0.15) is 39.2 Å². The van der Waals surface area contributed by atoms with Gasteiger partial charge in [0.2, 0.25) is 0 Å². The van der Waals surface area contributed by atoms with Crippen molar-refractivity contribution in [2.24, 2.45) is 11.8 Å². The van der Waals surface area contributed by atoms with Gasteiger partial charge in [-0.05, 0) is 65.3 Å². The van der Waals surface area contributed by atoms with Crippen LogP contribution in [0.4, 0.5) is 4.39 Å². The Bertz CT molecular complexity index is 706. The second-order valence-corrected chi connectivity index (χ2v) is 7.29. The molecule has 1 aliphatic carbocycles. The fourth-order valence-electron chi connectivity index (χ4n) is 3.48. The number of aromatic nitrogens is 2. The van der Waals surface area contributed by atoms with E-state index in [-0.39, 0.29) is 5.82 Å². The van der Waals surface area contributed by atoms with E-state index in [1.54, 1.807) is 0 Å². The van der Waals surface area contributed by atoms with Gasteiger partial charge in [0.15, 0.2) is 4.77 Å². The highest BCUT2D eigenvalue weighted by atomic mass is 79.9. The Kier molecular flexibility index (Phi) is 3.75. The van der Waals surface area contributed by atoms with E-state index in [1.807, 2.05) is 6.07 Å². The lowest BCUT2D eigenvalue weighted by Crippen LogP contribution is -2.24. The van der Waals surface area contributed by atoms with Crippen molar-refractivity contribution < 1.29 is 4.39 Å². The molecule has 0 aliphatic heterocycles. The molecule has 1 aromatic carbocycles. The normalized spacial score (nSPS) is 27.1. The maximum Gasteiger partial charge on any atom is 0.178 e. The van der Waals surface area contributed by atoms with Crippen LogP contribution in [-0.2, 0) is 0 Å². The van der Waals surface area contributed by atoms with Gasteiger partial charge in [-0.15, -0.1) is 0 Å². The first-order valence-corrected chi connectivity index (χ1v) is 8.26. The van der Waals surface area contributed by atoms with E-state index >= 15 is 0 Å². The van der Waals surface area contributed by atoms with Crippen molar-refractivity contribution in [3.8, 4) is 0 Å². The molecule has 1 saturated carbocycles. The number of hydrogen-bond acceptors (Lipinski definition) is 1. The van der Waals surface area contributed by atoms with Gasteiger partial charge in [-0.1, -0.05) is 13.8 Å². The SMILES string of the molecule is CC1CCC(n2c(=S)[nH]c3cc(F)c(Br)cc32)C(C)C1. The van der Waals surface area contributed by atoms with Crippen LogP contribution in [0.3, 0.4) is 0 Å². The molecule has 3 atom stereocenters. The molecule has 2 nitrogen and oxygen atoms in total. The third kappa shape index (κ3) is 2.35. The van der Waals surface area contributed by atoms with E-state index in [0.717, 1.165) is 23.4 Å². The molecule has 0 bridgehead atoms. The summed E-state index contributed by atoms with van der Waals surface area (Å²) in [6, 6.07) is 3.76. The van der Waals surface area contributed by atoms with Crippen molar-refractivity contribution in [1.82, 2.24) is 9.55 Å². The maximum atomic E-state index is 13.6. The summed E-state index contributed by atoms with van der Waals surface area (Å²) in [7, 11) is 0. The monoisotopic (exact) mass is 356 g/mol. The first kappa shape index (κ1) is 14.3. The second kappa shape index (κ2) is 5.26. The molecule has 0 amide bonds. The molecule has 5 heteroatoms. The van der Waals surface area contributed by atoms with Crippen LogP contribution in [0.25, 0.3) is 11.0 Å². The van der Waals surface area contributed by atoms with Crippen LogP contribution in [0.5, 0.6) is 0 Å². The molecular weight excluding hydrogens is 339 g/mol. The fraction of sp³-hybridized carbons (Fsp3) is 0.533. The molecule has 3 rings (SSSR count). The van der Waals surface area contributed by atoms with Crippen LogP contribution in [0.15, 0.2) is 16.6 Å². The third-order valence-electron chi connectivity index (χ3n) is 4.48. The van der Waals surface area contributed by atoms with Gasteiger partial charge in [0.05, 0.1) is 15.5 Å². The number of H-pyrrole nitrogens is 1. The molecule has 1 aliphatic rings. The number of halogens is 2. The second-order valence-electron chi connectivity index (χ2n) is 6.05. The maximum absolute atomic E-state index is 13.6. The summed E-state index contributed by atoms with van der Waals surface area (Å²) in [5, 5.41) is 0. The van der Waals surface area contributed by atoms with Crippen molar-refractivity contribution in [3.63, 3.8) is 0 Å². The first-order chi connectivity index (χ1) is 9.47. The molecule has 1 fully saturated rings. The number of rotatable bonds is 1. The Morgan fingerprint density at radius 3 is 2.80 bits per heavy atom. The van der Waals surface area contributed by atoms with Crippen molar-refractivity contribution in [3.05, 3.63) is 27.2 Å². The number of benzene rings is 1. The Hall–Kier alpha value is -0.680. The molecule has 1 aromatic heterocycles. The minimum Gasteiger partial charge on any atom is -0.330 e. The fourth-order valence-corrected chi connectivity index (χ4v) is 4.16. The summed E-state index contributed by atoms with van der Waals surface area (Å²) < 4.78 is 17.0. The topological polar surface area (TPSA) is 20.7 Å². The third-order valence-corrected chi connectivity index (χ3v) is 5.38. The zero-order chi connectivity index (χ0) is 14.4. The van der Waals surface area contributed by atoms with E-state index in [9.17, 15) is 4.39 Å². The molecule has 3 unspecified atom stereocenters. The van der Waals surface area contributed by atoms with Crippen LogP contribution < -0.4 is 0 Å². The first-order valence-electron chi connectivity index (χ1n) is 7.06. The smallest absolute Gasteiger partial charge is 0.178 e. The molecular formula is C15H18BrFN2S. The van der Waals surface area contributed by atoms with Crippen molar-refractivity contribution in [2.45, 2.75) is 39.2 Å². The number of nitrogens with one attached hydrogen (secondary N) is 1. The highest BCUT2D eigenvalue weighted by molar-refractivity contribution is 9.10. The lowest BCUT2D eigenvalue weighted by atomic mass is 9.79. The summed E-state index contributed by atoms with van der Waals surface area (Å²) in [6.45, 7) is 4.60. The average molecular weight is 357 g/mol. The van der Waals surface area contributed by atoms with Gasteiger partial charge in [0, 0.05) is 12.1 Å². The molecule has 108 valence electrons. The van der Waals surface area contributed by atoms with Gasteiger partial charge < -0.3 is 9.55 Å². The standard InChI is InChI=1S/C15H18BrFN2S/c1-8-3-4-13(9(2)5-8)19-14-6-10(16)11(17)7-12(14)18-15(19)20/h6-9,13H,3-5H2,1-2H3,(H,18,20). The van der Waals surface area contributed by atoms with E-state index in [1.165, 1.54) is 18.9 Å². The highest BCUT2D eigenvalue weighted by Crippen LogP contribution is 2.39. The van der Waals surface area contributed by atoms with Gasteiger partial charge >= 0.3 is 0 Å². The summed E-state index contributed by atoms with van der Waals surface area (Å²) in [6.07, 6.45) is 3.59. The van der Waals surface area contributed by atoms with E-state index in [4.69, 9.17) is 12.2 Å². The summed E-state index contributed by atoms with van der Waals surface area (Å²) in [4.78, 5) is 3.14. The number of hydrogen-bond donors (Lipinski definition) is 1. The molecule has 0 spiro atoms. The Morgan fingerprint density at radius 2 is 2.10 bits per heavy atom. The van der Waals surface area contributed by atoms with E-state index < -0.39 is 0 Å². The Balaban J connectivity index is 2.13. The minimum atomic E-state index is -0.258. The minimum absolute atomic E-state index is 0.258. The lowest BCUT2D eigenvalue weighted by molar-refractivity contribution is 0.210. The van der Waals surface area contributed by atoms with Gasteiger partial charge in [0.25, 0.3) is 0 Å². The van der Waals surface area contributed by atoms with Gasteiger partial charge in [-0.25, -0.2) is 4.39 Å². The van der Waals surface area contributed by atoms with Crippen molar-refractivity contribution >= 4 is 39.2 Å².